The Kier molecular flexibility index (Phi) is 17.5. The van der Waals surface area contributed by atoms with Crippen molar-refractivity contribution in [2.45, 2.75) is 72.3 Å². The zero-order chi connectivity index (χ0) is 51.9. The third kappa shape index (κ3) is 12.9. The van der Waals surface area contributed by atoms with Gasteiger partial charge in [0.15, 0.2) is 0 Å². The van der Waals surface area contributed by atoms with E-state index in [2.05, 4.69) is 94.6 Å². The number of carbonyl (C=O) groups excluding carboxylic acids is 2. The fraction of sp³-hybridized carbons (Fsp3) is 0.273. The van der Waals surface area contributed by atoms with E-state index in [1.807, 2.05) is 100 Å². The zero-order valence-electron chi connectivity index (χ0n) is 42.2. The molecule has 5 heterocycles. The van der Waals surface area contributed by atoms with Gasteiger partial charge in [-0.1, -0.05) is 90.1 Å². The summed E-state index contributed by atoms with van der Waals surface area (Å²) < 4.78 is 12.9. The molecule has 4 aromatic heterocycles. The summed E-state index contributed by atoms with van der Waals surface area (Å²) in [4.78, 5) is 53.4. The van der Waals surface area contributed by atoms with Crippen LogP contribution in [0.4, 0.5) is 23.3 Å². The Balaban J connectivity index is 0.000000184. The smallest absolute Gasteiger partial charge is 0.399 e. The topological polar surface area (TPSA) is 213 Å². The summed E-state index contributed by atoms with van der Waals surface area (Å²) in [5.41, 5.74) is 18.1. The quantitative estimate of drug-likeness (QED) is 0.0939. The standard InChI is InChI=1S/C24H24N6O.C16H14BrN3.C14H22BN3O3.CH4/c1-15(16-7-5-4-6-8-16)29-23-19-11-17(9-10-21(19)27-14-28-23)18-12-20(22(25)26-13-18)24(31)30(2)3;1-11(12-5-3-2-4-6-12)20-16-14-9-13(17)7-8-15(14)18-10-19-16;1-13(2)14(3,4)21-15(20-13)9-7-10(11(16)17-8-9)12(19)18(5)6;/h4-15H,1-3H3,(H2,25,26)(H,27,28,29);2-11H,1H3,(H,18,19,20);7-8H,1-6H3,(H2,16,17);1H4. The van der Waals surface area contributed by atoms with Gasteiger partial charge in [0, 0.05) is 78.9 Å². The summed E-state index contributed by atoms with van der Waals surface area (Å²) in [6, 6.07) is 36.2. The first-order valence-electron chi connectivity index (χ1n) is 23.3. The highest BCUT2D eigenvalue weighted by Crippen LogP contribution is 2.37. The number of amides is 2. The minimum Gasteiger partial charge on any atom is -0.399 e. The summed E-state index contributed by atoms with van der Waals surface area (Å²) in [5, 5.41) is 8.85. The number of hydrogen-bond acceptors (Lipinski definition) is 14. The number of rotatable bonds is 10. The van der Waals surface area contributed by atoms with Crippen LogP contribution in [0.1, 0.15) is 92.9 Å². The molecule has 6 N–H and O–H groups in total. The number of hydrogen-bond donors (Lipinski definition) is 4. The number of pyridine rings is 2. The minimum absolute atomic E-state index is 0. The molecule has 9 rings (SSSR count). The Morgan fingerprint density at radius 3 is 1.53 bits per heavy atom. The first-order chi connectivity index (χ1) is 34.2. The van der Waals surface area contributed by atoms with E-state index in [-0.39, 0.29) is 43.0 Å². The van der Waals surface area contributed by atoms with Gasteiger partial charge in [0.05, 0.1) is 33.4 Å². The molecule has 2 amide bonds. The molecule has 0 spiro atoms. The molecule has 18 heteroatoms. The Morgan fingerprint density at radius 2 is 1.04 bits per heavy atom. The fourth-order valence-electron chi connectivity index (χ4n) is 7.61. The Labute approximate surface area is 436 Å². The van der Waals surface area contributed by atoms with Crippen LogP contribution in [0.5, 0.6) is 0 Å². The molecule has 2 atom stereocenters. The number of fused-ring (bicyclic) bond motifs is 2. The van der Waals surface area contributed by atoms with Crippen molar-refractivity contribution in [3.05, 3.63) is 161 Å². The second-order valence-corrected chi connectivity index (χ2v) is 19.7. The summed E-state index contributed by atoms with van der Waals surface area (Å²) in [5.74, 6) is 1.64. The number of halogens is 1. The molecule has 73 heavy (non-hydrogen) atoms. The number of aromatic nitrogens is 6. The van der Waals surface area contributed by atoms with E-state index < -0.39 is 18.3 Å². The molecule has 1 aliphatic heterocycles. The lowest BCUT2D eigenvalue weighted by Gasteiger charge is -2.32. The number of carbonyl (C=O) groups is 2. The highest BCUT2D eigenvalue weighted by molar-refractivity contribution is 9.10. The van der Waals surface area contributed by atoms with Crippen LogP contribution < -0.4 is 27.6 Å². The maximum absolute atomic E-state index is 12.4. The number of anilines is 4. The number of benzene rings is 4. The van der Waals surface area contributed by atoms with E-state index in [1.165, 1.54) is 20.9 Å². The fourth-order valence-corrected chi connectivity index (χ4v) is 7.97. The molecule has 0 radical (unpaired) electrons. The third-order valence-electron chi connectivity index (χ3n) is 12.5. The second kappa shape index (κ2) is 23.3. The van der Waals surface area contributed by atoms with Crippen molar-refractivity contribution in [2.24, 2.45) is 0 Å². The van der Waals surface area contributed by atoms with Gasteiger partial charge in [-0.3, -0.25) is 9.59 Å². The van der Waals surface area contributed by atoms with Crippen LogP contribution in [0.25, 0.3) is 32.9 Å². The van der Waals surface area contributed by atoms with Crippen LogP contribution in [-0.4, -0.2) is 98.0 Å². The van der Waals surface area contributed by atoms with Gasteiger partial charge in [-0.2, -0.15) is 0 Å². The maximum atomic E-state index is 12.4. The molecule has 1 fully saturated rings. The van der Waals surface area contributed by atoms with Crippen LogP contribution >= 0.6 is 15.9 Å². The van der Waals surface area contributed by atoms with Crippen LogP contribution in [0.3, 0.4) is 0 Å². The number of nitrogens with zero attached hydrogens (tertiary/aromatic N) is 8. The highest BCUT2D eigenvalue weighted by Gasteiger charge is 2.52. The van der Waals surface area contributed by atoms with Gasteiger partial charge in [-0.25, -0.2) is 29.9 Å². The predicted octanol–water partition coefficient (Wildman–Crippen LogP) is 10.0. The van der Waals surface area contributed by atoms with Crippen molar-refractivity contribution in [1.29, 1.82) is 0 Å². The summed E-state index contributed by atoms with van der Waals surface area (Å²) in [6.07, 6.45) is 6.41. The van der Waals surface area contributed by atoms with Gasteiger partial charge >= 0.3 is 7.12 Å². The molecule has 2 unspecified atom stereocenters. The normalized spacial score (nSPS) is 14.0. The summed E-state index contributed by atoms with van der Waals surface area (Å²) in [7, 11) is 6.16. The minimum atomic E-state index is -0.559. The SMILES string of the molecule is C.CC(Nc1ncnc2ccc(-c3cnc(N)c(C(=O)N(C)C)c3)cc12)c1ccccc1.CC(Nc1ncnc2ccc(Br)cc12)c1ccccc1.CN(C)C(=O)c1cc(B2OC(C)(C)C(C)(C)O2)cnc1N. The number of nitrogens with two attached hydrogens (primary N) is 2. The molecular weight excluding hydrogens is 983 g/mol. The van der Waals surface area contributed by atoms with Gasteiger partial charge < -0.3 is 41.2 Å². The van der Waals surface area contributed by atoms with E-state index in [0.29, 0.717) is 16.6 Å². The summed E-state index contributed by atoms with van der Waals surface area (Å²) in [6.45, 7) is 12.1. The Hall–Kier alpha value is -7.54. The first-order valence-corrected chi connectivity index (χ1v) is 24.1. The maximum Gasteiger partial charge on any atom is 0.496 e. The lowest BCUT2D eigenvalue weighted by atomic mass is 9.79. The third-order valence-corrected chi connectivity index (χ3v) is 13.0. The average Bonchev–Trinajstić information content (AvgIpc) is 3.59. The van der Waals surface area contributed by atoms with E-state index in [1.54, 1.807) is 65.4 Å². The molecule has 8 aromatic rings. The van der Waals surface area contributed by atoms with Gasteiger partial charge in [0.1, 0.15) is 35.9 Å². The highest BCUT2D eigenvalue weighted by atomic mass is 79.9. The van der Waals surface area contributed by atoms with E-state index in [9.17, 15) is 9.59 Å². The van der Waals surface area contributed by atoms with Crippen molar-refractivity contribution in [3.8, 4) is 11.1 Å². The van der Waals surface area contributed by atoms with Gasteiger partial charge in [0.25, 0.3) is 11.8 Å². The van der Waals surface area contributed by atoms with Gasteiger partial charge in [-0.05, 0) is 101 Å². The van der Waals surface area contributed by atoms with Crippen molar-refractivity contribution < 1.29 is 18.9 Å². The lowest BCUT2D eigenvalue weighted by molar-refractivity contribution is 0.00578. The monoisotopic (exact) mass is 1050 g/mol. The molecule has 1 saturated heterocycles. The summed E-state index contributed by atoms with van der Waals surface area (Å²) >= 11 is 3.49. The number of nitrogens with one attached hydrogen (secondary N) is 2. The molecule has 4 aromatic carbocycles. The van der Waals surface area contributed by atoms with E-state index >= 15 is 0 Å². The van der Waals surface area contributed by atoms with E-state index in [4.69, 9.17) is 20.8 Å². The van der Waals surface area contributed by atoms with Crippen molar-refractivity contribution in [1.82, 2.24) is 39.7 Å². The van der Waals surface area contributed by atoms with E-state index in [0.717, 1.165) is 49.0 Å². The van der Waals surface area contributed by atoms with Crippen LogP contribution in [0, 0.1) is 0 Å². The first kappa shape index (κ1) is 54.8. The average molecular weight is 1050 g/mol. The van der Waals surface area contributed by atoms with Gasteiger partial charge in [0.2, 0.25) is 0 Å². The molecule has 0 saturated carbocycles. The molecule has 378 valence electrons. The number of nitrogen functional groups attached to an aromatic ring is 2. The second-order valence-electron chi connectivity index (χ2n) is 18.7. The Morgan fingerprint density at radius 1 is 0.589 bits per heavy atom. The molecular formula is C55H64BBrN12O4. The molecule has 0 bridgehead atoms. The van der Waals surface area contributed by atoms with Crippen LogP contribution in [0.15, 0.2) is 139 Å². The molecule has 0 aliphatic carbocycles. The predicted molar refractivity (Wildman–Crippen MR) is 299 cm³/mol. The van der Waals surface area contributed by atoms with Crippen LogP contribution in [-0.2, 0) is 9.31 Å². The zero-order valence-corrected chi connectivity index (χ0v) is 43.8. The van der Waals surface area contributed by atoms with Crippen molar-refractivity contribution in [2.75, 3.05) is 50.3 Å². The lowest BCUT2D eigenvalue weighted by Crippen LogP contribution is -2.41. The molecule has 16 nitrogen and oxygen atoms in total. The molecule has 1 aliphatic rings. The van der Waals surface area contributed by atoms with Crippen LogP contribution in [0.2, 0.25) is 0 Å². The van der Waals surface area contributed by atoms with Gasteiger partial charge in [-0.15, -0.1) is 0 Å². The Bertz CT molecular complexity index is 3180. The van der Waals surface area contributed by atoms with Crippen molar-refractivity contribution >= 4 is 85.4 Å². The largest absolute Gasteiger partial charge is 0.496 e. The van der Waals surface area contributed by atoms with Crippen molar-refractivity contribution in [3.63, 3.8) is 0 Å².